The number of hydrogen-bond acceptors (Lipinski definition) is 4. The van der Waals surface area contributed by atoms with Gasteiger partial charge in [0.15, 0.2) is 0 Å². The molecule has 3 amide bonds. The second-order valence-electron chi connectivity index (χ2n) is 10.3. The molecule has 0 aliphatic carbocycles. The second-order valence-corrected chi connectivity index (χ2v) is 12.4. The second kappa shape index (κ2) is 15.6. The zero-order valence-corrected chi connectivity index (χ0v) is 26.9. The first kappa shape index (κ1) is 32.9. The molecule has 0 aliphatic heterocycles. The molecule has 0 saturated carbocycles. The molecule has 1 atom stereocenters. The van der Waals surface area contributed by atoms with E-state index in [2.05, 4.69) is 29.8 Å². The van der Waals surface area contributed by atoms with Gasteiger partial charge in [-0.15, -0.1) is 11.8 Å². The predicted octanol–water partition coefficient (Wildman–Crippen LogP) is 9.04. The molecular formula is C35H33Cl2N3O3S. The van der Waals surface area contributed by atoms with Gasteiger partial charge in [0.2, 0.25) is 5.91 Å². The molecule has 44 heavy (non-hydrogen) atoms. The van der Waals surface area contributed by atoms with Gasteiger partial charge in [-0.25, -0.2) is 0 Å². The Hall–Kier alpha value is -4.04. The highest BCUT2D eigenvalue weighted by atomic mass is 35.5. The van der Waals surface area contributed by atoms with Gasteiger partial charge < -0.3 is 16.0 Å². The van der Waals surface area contributed by atoms with Gasteiger partial charge in [-0.2, -0.15) is 0 Å². The molecule has 6 nitrogen and oxygen atoms in total. The van der Waals surface area contributed by atoms with Crippen molar-refractivity contribution in [2.75, 3.05) is 10.6 Å². The summed E-state index contributed by atoms with van der Waals surface area (Å²) in [6.45, 7) is 6.14. The van der Waals surface area contributed by atoms with Crippen LogP contribution in [0.4, 0.5) is 11.4 Å². The first-order chi connectivity index (χ1) is 21.1. The normalized spacial score (nSPS) is 12.0. The Morgan fingerprint density at radius 2 is 1.57 bits per heavy atom. The minimum absolute atomic E-state index is 0.0958. The Morgan fingerprint density at radius 3 is 2.25 bits per heavy atom. The molecule has 1 unspecified atom stereocenters. The van der Waals surface area contributed by atoms with Crippen LogP contribution in [0.15, 0.2) is 108 Å². The molecule has 9 heteroatoms. The van der Waals surface area contributed by atoms with Crippen molar-refractivity contribution in [1.82, 2.24) is 5.32 Å². The van der Waals surface area contributed by atoms with Crippen LogP contribution in [0.2, 0.25) is 10.0 Å². The van der Waals surface area contributed by atoms with E-state index in [0.29, 0.717) is 39.3 Å². The van der Waals surface area contributed by atoms with Crippen LogP contribution in [0.3, 0.4) is 0 Å². The van der Waals surface area contributed by atoms with Gasteiger partial charge in [-0.3, -0.25) is 14.4 Å². The maximum absolute atomic E-state index is 13.5. The molecule has 0 spiro atoms. The summed E-state index contributed by atoms with van der Waals surface area (Å²) in [5, 5.41) is 8.96. The van der Waals surface area contributed by atoms with E-state index >= 15 is 0 Å². The van der Waals surface area contributed by atoms with E-state index < -0.39 is 17.1 Å². The van der Waals surface area contributed by atoms with E-state index in [1.54, 1.807) is 66.7 Å². The van der Waals surface area contributed by atoms with Crippen molar-refractivity contribution >= 4 is 70.1 Å². The Balaban J connectivity index is 1.52. The van der Waals surface area contributed by atoms with Gasteiger partial charge in [0.1, 0.15) is 5.70 Å². The average Bonchev–Trinajstić information content (AvgIpc) is 3.02. The fourth-order valence-electron chi connectivity index (χ4n) is 4.22. The SMILES string of the molecule is CCC(Sc1cccc(NC(=O)/C(=C\c2ccc(C(C)C)cc2)NC(=O)c2ccccc2)c1)C(=O)Nc1cc(Cl)ccc1Cl. The first-order valence-electron chi connectivity index (χ1n) is 14.1. The van der Waals surface area contributed by atoms with Crippen molar-refractivity contribution in [2.24, 2.45) is 0 Å². The van der Waals surface area contributed by atoms with Crippen LogP contribution < -0.4 is 16.0 Å². The Kier molecular flexibility index (Phi) is 11.7. The van der Waals surface area contributed by atoms with Crippen LogP contribution in [-0.2, 0) is 9.59 Å². The van der Waals surface area contributed by atoms with E-state index in [4.69, 9.17) is 23.2 Å². The minimum Gasteiger partial charge on any atom is -0.324 e. The van der Waals surface area contributed by atoms with E-state index in [9.17, 15) is 14.4 Å². The first-order valence-corrected chi connectivity index (χ1v) is 15.8. The molecule has 0 heterocycles. The quantitative estimate of drug-likeness (QED) is 0.112. The van der Waals surface area contributed by atoms with E-state index in [1.165, 1.54) is 17.3 Å². The number of carbonyl (C=O) groups excluding carboxylic acids is 3. The number of carbonyl (C=O) groups is 3. The highest BCUT2D eigenvalue weighted by Gasteiger charge is 2.20. The lowest BCUT2D eigenvalue weighted by Gasteiger charge is -2.16. The third-order valence-corrected chi connectivity index (χ3v) is 8.59. The summed E-state index contributed by atoms with van der Waals surface area (Å²) < 4.78 is 0. The highest BCUT2D eigenvalue weighted by molar-refractivity contribution is 8.00. The number of hydrogen-bond donors (Lipinski definition) is 3. The summed E-state index contributed by atoms with van der Waals surface area (Å²) in [4.78, 5) is 40.4. The molecule has 0 radical (unpaired) electrons. The van der Waals surface area contributed by atoms with Crippen molar-refractivity contribution < 1.29 is 14.4 Å². The van der Waals surface area contributed by atoms with E-state index in [-0.39, 0.29) is 11.6 Å². The number of anilines is 2. The summed E-state index contributed by atoms with van der Waals surface area (Å²) >= 11 is 13.7. The van der Waals surface area contributed by atoms with Crippen LogP contribution in [0, 0.1) is 0 Å². The van der Waals surface area contributed by atoms with Crippen molar-refractivity contribution in [3.63, 3.8) is 0 Å². The molecular weight excluding hydrogens is 613 g/mol. The summed E-state index contributed by atoms with van der Waals surface area (Å²) in [7, 11) is 0. The molecule has 4 aromatic rings. The summed E-state index contributed by atoms with van der Waals surface area (Å²) in [6.07, 6.45) is 2.20. The Labute approximate surface area is 272 Å². The van der Waals surface area contributed by atoms with Gasteiger partial charge in [-0.1, -0.05) is 92.5 Å². The van der Waals surface area contributed by atoms with Crippen LogP contribution in [0.25, 0.3) is 6.08 Å². The Morgan fingerprint density at radius 1 is 0.841 bits per heavy atom. The fourth-order valence-corrected chi connectivity index (χ4v) is 5.58. The number of nitrogens with one attached hydrogen (secondary N) is 3. The standard InChI is InChI=1S/C35H33Cl2N3O3S/c1-4-32(35(43)39-30-20-26(36)17-18-29(30)37)44-28-12-8-11-27(21-28)38-34(42)31(40-33(41)25-9-6-5-7-10-25)19-23-13-15-24(16-14-23)22(2)3/h5-22,32H,4H2,1-3H3,(H,38,42)(H,39,43)(H,40,41)/b31-19+. The van der Waals surface area contributed by atoms with Crippen molar-refractivity contribution in [3.05, 3.63) is 129 Å². The molecule has 0 aromatic heterocycles. The number of benzene rings is 4. The number of rotatable bonds is 11. The van der Waals surface area contributed by atoms with Crippen LogP contribution >= 0.6 is 35.0 Å². The lowest BCUT2D eigenvalue weighted by atomic mass is 10.0. The molecule has 0 saturated heterocycles. The van der Waals surface area contributed by atoms with Crippen molar-refractivity contribution in [2.45, 2.75) is 43.3 Å². The molecule has 3 N–H and O–H groups in total. The van der Waals surface area contributed by atoms with Gasteiger partial charge >= 0.3 is 0 Å². The maximum Gasteiger partial charge on any atom is 0.272 e. The molecule has 4 aromatic carbocycles. The zero-order chi connectivity index (χ0) is 31.6. The lowest BCUT2D eigenvalue weighted by molar-refractivity contribution is -0.116. The van der Waals surface area contributed by atoms with Gasteiger partial charge in [-0.05, 0) is 78.1 Å². The highest BCUT2D eigenvalue weighted by Crippen LogP contribution is 2.31. The predicted molar refractivity (Wildman–Crippen MR) is 183 cm³/mol. The van der Waals surface area contributed by atoms with E-state index in [0.717, 1.165) is 10.5 Å². The van der Waals surface area contributed by atoms with Crippen LogP contribution in [-0.4, -0.2) is 23.0 Å². The summed E-state index contributed by atoms with van der Waals surface area (Å²) in [5.41, 5.74) is 3.43. The Bertz CT molecular complexity index is 1660. The molecule has 4 rings (SSSR count). The summed E-state index contributed by atoms with van der Waals surface area (Å²) in [6, 6.07) is 28.7. The minimum atomic E-state index is -0.482. The fraction of sp³-hybridized carbons (Fsp3) is 0.171. The van der Waals surface area contributed by atoms with Crippen molar-refractivity contribution in [1.29, 1.82) is 0 Å². The topological polar surface area (TPSA) is 87.3 Å². The number of amides is 3. The number of thioether (sulfide) groups is 1. The largest absolute Gasteiger partial charge is 0.324 e. The zero-order valence-electron chi connectivity index (χ0n) is 24.6. The molecule has 0 aliphatic rings. The van der Waals surface area contributed by atoms with Gasteiger partial charge in [0.05, 0.1) is 16.0 Å². The molecule has 0 bridgehead atoms. The summed E-state index contributed by atoms with van der Waals surface area (Å²) in [5.74, 6) is -0.725. The van der Waals surface area contributed by atoms with Gasteiger partial charge in [0, 0.05) is 21.2 Å². The third-order valence-electron chi connectivity index (χ3n) is 6.66. The third kappa shape index (κ3) is 9.23. The van der Waals surface area contributed by atoms with Crippen LogP contribution in [0.5, 0.6) is 0 Å². The van der Waals surface area contributed by atoms with Crippen LogP contribution in [0.1, 0.15) is 54.6 Å². The average molecular weight is 647 g/mol. The molecule has 0 fully saturated rings. The monoisotopic (exact) mass is 645 g/mol. The van der Waals surface area contributed by atoms with Gasteiger partial charge in [0.25, 0.3) is 11.8 Å². The number of halogens is 2. The van der Waals surface area contributed by atoms with Crippen molar-refractivity contribution in [3.8, 4) is 0 Å². The maximum atomic E-state index is 13.5. The van der Waals surface area contributed by atoms with E-state index in [1.807, 2.05) is 43.3 Å². The smallest absolute Gasteiger partial charge is 0.272 e. The molecule has 226 valence electrons. The lowest BCUT2D eigenvalue weighted by Crippen LogP contribution is -2.30.